The zero-order chi connectivity index (χ0) is 15.7. The molecule has 1 unspecified atom stereocenters. The number of aryl methyl sites for hydroxylation is 1. The monoisotopic (exact) mass is 303 g/mol. The fourth-order valence-corrected chi connectivity index (χ4v) is 3.67. The molecule has 118 valence electrons. The lowest BCUT2D eigenvalue weighted by Gasteiger charge is -2.24. The van der Waals surface area contributed by atoms with Crippen molar-refractivity contribution in [2.75, 3.05) is 26.8 Å². The number of likely N-dealkylation sites (tertiary alicyclic amines) is 1. The third kappa shape index (κ3) is 2.39. The van der Waals surface area contributed by atoms with Gasteiger partial charge in [-0.1, -0.05) is 12.1 Å². The first-order valence-corrected chi connectivity index (χ1v) is 7.70. The van der Waals surface area contributed by atoms with Crippen LogP contribution in [0, 0.1) is 5.41 Å². The van der Waals surface area contributed by atoms with E-state index in [1.54, 1.807) is 4.90 Å². The van der Waals surface area contributed by atoms with Crippen molar-refractivity contribution < 1.29 is 19.4 Å². The molecule has 22 heavy (non-hydrogen) atoms. The van der Waals surface area contributed by atoms with E-state index in [4.69, 9.17) is 4.74 Å². The standard InChI is InChI=1S/C17H21NO4/c1-22-11-17(16(20)21)8-9-18(10-17)15(19)14-7-3-5-12-4-2-6-13(12)14/h3,5,7H,2,4,6,8-11H2,1H3,(H,20,21). The number of methoxy groups -OCH3 is 1. The number of carbonyl (C=O) groups excluding carboxylic acids is 1. The van der Waals surface area contributed by atoms with Crippen molar-refractivity contribution in [1.82, 2.24) is 4.90 Å². The Hall–Kier alpha value is -1.88. The summed E-state index contributed by atoms with van der Waals surface area (Å²) in [5.74, 6) is -0.930. The number of carboxylic acids is 1. The number of hydrogen-bond acceptors (Lipinski definition) is 3. The van der Waals surface area contributed by atoms with E-state index in [0.29, 0.717) is 13.0 Å². The van der Waals surface area contributed by atoms with Gasteiger partial charge in [-0.05, 0) is 42.9 Å². The van der Waals surface area contributed by atoms with E-state index in [-0.39, 0.29) is 19.1 Å². The van der Waals surface area contributed by atoms with E-state index in [0.717, 1.165) is 30.4 Å². The lowest BCUT2D eigenvalue weighted by Crippen LogP contribution is -2.40. The minimum Gasteiger partial charge on any atom is -0.481 e. The van der Waals surface area contributed by atoms with Crippen LogP contribution in [0.5, 0.6) is 0 Å². The Morgan fingerprint density at radius 3 is 2.91 bits per heavy atom. The van der Waals surface area contributed by atoms with Crippen molar-refractivity contribution in [3.05, 3.63) is 34.9 Å². The maximum absolute atomic E-state index is 12.8. The molecular formula is C17H21NO4. The highest BCUT2D eigenvalue weighted by Gasteiger charge is 2.46. The summed E-state index contributed by atoms with van der Waals surface area (Å²) in [6.45, 7) is 0.829. The maximum Gasteiger partial charge on any atom is 0.313 e. The van der Waals surface area contributed by atoms with Crippen molar-refractivity contribution in [2.45, 2.75) is 25.7 Å². The Morgan fingerprint density at radius 2 is 2.18 bits per heavy atom. The molecule has 1 atom stereocenters. The molecule has 1 saturated heterocycles. The zero-order valence-electron chi connectivity index (χ0n) is 12.8. The van der Waals surface area contributed by atoms with Crippen LogP contribution in [0.1, 0.15) is 34.3 Å². The molecule has 5 nitrogen and oxygen atoms in total. The summed E-state index contributed by atoms with van der Waals surface area (Å²) >= 11 is 0. The summed E-state index contributed by atoms with van der Waals surface area (Å²) in [6.07, 6.45) is 3.49. The van der Waals surface area contributed by atoms with Crippen molar-refractivity contribution >= 4 is 11.9 Å². The normalized spacial score (nSPS) is 23.6. The number of ether oxygens (including phenoxy) is 1. The van der Waals surface area contributed by atoms with E-state index in [1.165, 1.54) is 12.7 Å². The maximum atomic E-state index is 12.8. The van der Waals surface area contributed by atoms with Crippen molar-refractivity contribution in [2.24, 2.45) is 5.41 Å². The Morgan fingerprint density at radius 1 is 1.36 bits per heavy atom. The van der Waals surface area contributed by atoms with Crippen LogP contribution < -0.4 is 0 Å². The lowest BCUT2D eigenvalue weighted by atomic mass is 9.88. The van der Waals surface area contributed by atoms with E-state index < -0.39 is 11.4 Å². The SMILES string of the molecule is COCC1(C(=O)O)CCN(C(=O)c2cccc3c2CCC3)C1. The molecule has 0 saturated carbocycles. The van der Waals surface area contributed by atoms with E-state index in [1.807, 2.05) is 12.1 Å². The molecule has 0 bridgehead atoms. The van der Waals surface area contributed by atoms with Crippen LogP contribution in [0.4, 0.5) is 0 Å². The van der Waals surface area contributed by atoms with E-state index in [2.05, 4.69) is 6.07 Å². The molecule has 1 heterocycles. The van der Waals surface area contributed by atoms with Gasteiger partial charge in [0.2, 0.25) is 0 Å². The first-order valence-electron chi connectivity index (χ1n) is 7.70. The van der Waals surface area contributed by atoms with Gasteiger partial charge >= 0.3 is 5.97 Å². The minimum atomic E-state index is -0.970. The molecule has 1 amide bonds. The first kappa shape index (κ1) is 15.0. The highest BCUT2D eigenvalue weighted by Crippen LogP contribution is 2.33. The van der Waals surface area contributed by atoms with Crippen LogP contribution in [0.3, 0.4) is 0 Å². The molecule has 2 aliphatic rings. The predicted molar refractivity (Wildman–Crippen MR) is 80.9 cm³/mol. The third-order valence-corrected chi connectivity index (χ3v) is 4.89. The van der Waals surface area contributed by atoms with Crippen LogP contribution in [0.15, 0.2) is 18.2 Å². The molecule has 5 heteroatoms. The minimum absolute atomic E-state index is 0.0435. The van der Waals surface area contributed by atoms with Crippen molar-refractivity contribution in [3.63, 3.8) is 0 Å². The molecule has 0 radical (unpaired) electrons. The zero-order valence-corrected chi connectivity index (χ0v) is 12.8. The molecule has 1 aromatic rings. The quantitative estimate of drug-likeness (QED) is 0.920. The second-order valence-corrected chi connectivity index (χ2v) is 6.29. The van der Waals surface area contributed by atoms with Crippen LogP contribution in [0.2, 0.25) is 0 Å². The second kappa shape index (κ2) is 5.72. The third-order valence-electron chi connectivity index (χ3n) is 4.89. The molecule has 3 rings (SSSR count). The highest BCUT2D eigenvalue weighted by molar-refractivity contribution is 5.97. The number of nitrogens with zero attached hydrogens (tertiary/aromatic N) is 1. The highest BCUT2D eigenvalue weighted by atomic mass is 16.5. The average molecular weight is 303 g/mol. The van der Waals surface area contributed by atoms with Gasteiger partial charge in [-0.3, -0.25) is 9.59 Å². The fourth-order valence-electron chi connectivity index (χ4n) is 3.67. The van der Waals surface area contributed by atoms with Gasteiger partial charge < -0.3 is 14.7 Å². The number of hydrogen-bond donors (Lipinski definition) is 1. The number of benzene rings is 1. The molecule has 0 spiro atoms. The number of fused-ring (bicyclic) bond motifs is 1. The molecule has 0 aromatic heterocycles. The van der Waals surface area contributed by atoms with Crippen LogP contribution in [0.25, 0.3) is 0 Å². The number of carboxylic acid groups (broad SMARTS) is 1. The number of aliphatic carboxylic acids is 1. The van der Waals surface area contributed by atoms with Gasteiger partial charge in [0.25, 0.3) is 5.91 Å². The van der Waals surface area contributed by atoms with Gasteiger partial charge in [-0.2, -0.15) is 0 Å². The molecule has 1 aromatic carbocycles. The molecule has 1 aliphatic carbocycles. The smallest absolute Gasteiger partial charge is 0.313 e. The van der Waals surface area contributed by atoms with Crippen LogP contribution in [-0.4, -0.2) is 48.7 Å². The summed E-state index contributed by atoms with van der Waals surface area (Å²) in [5, 5.41) is 9.50. The number of amides is 1. The van der Waals surface area contributed by atoms with Crippen molar-refractivity contribution in [3.8, 4) is 0 Å². The number of rotatable bonds is 4. The molecule has 1 N–H and O–H groups in total. The van der Waals surface area contributed by atoms with E-state index in [9.17, 15) is 14.7 Å². The Kier molecular flexibility index (Phi) is 3.91. The predicted octanol–water partition coefficient (Wildman–Crippen LogP) is 1.74. The van der Waals surface area contributed by atoms with Crippen LogP contribution >= 0.6 is 0 Å². The summed E-state index contributed by atoms with van der Waals surface area (Å²) < 4.78 is 5.08. The van der Waals surface area contributed by atoms with Gasteiger partial charge in [0.15, 0.2) is 0 Å². The van der Waals surface area contributed by atoms with Gasteiger partial charge in [0, 0.05) is 25.8 Å². The van der Waals surface area contributed by atoms with Crippen LogP contribution in [-0.2, 0) is 22.4 Å². The Balaban J connectivity index is 1.83. The van der Waals surface area contributed by atoms with Gasteiger partial charge in [0.1, 0.15) is 5.41 Å². The van der Waals surface area contributed by atoms with Crippen molar-refractivity contribution in [1.29, 1.82) is 0 Å². The lowest BCUT2D eigenvalue weighted by molar-refractivity contribution is -0.151. The average Bonchev–Trinajstić information content (AvgIpc) is 3.13. The summed E-state index contributed by atoms with van der Waals surface area (Å²) in [6, 6.07) is 5.87. The summed E-state index contributed by atoms with van der Waals surface area (Å²) in [4.78, 5) is 26.1. The topological polar surface area (TPSA) is 66.8 Å². The fraction of sp³-hybridized carbons (Fsp3) is 0.529. The first-order chi connectivity index (χ1) is 10.6. The van der Waals surface area contributed by atoms with Gasteiger partial charge in [-0.15, -0.1) is 0 Å². The Labute approximate surface area is 129 Å². The summed E-state index contributed by atoms with van der Waals surface area (Å²) in [5.41, 5.74) is 2.18. The van der Waals surface area contributed by atoms with E-state index >= 15 is 0 Å². The number of carbonyl (C=O) groups is 2. The Bertz CT molecular complexity index is 613. The second-order valence-electron chi connectivity index (χ2n) is 6.29. The molecule has 1 aliphatic heterocycles. The molecule has 1 fully saturated rings. The van der Waals surface area contributed by atoms with Gasteiger partial charge in [0.05, 0.1) is 6.61 Å². The summed E-state index contributed by atoms with van der Waals surface area (Å²) in [7, 11) is 1.50. The molecular weight excluding hydrogens is 282 g/mol. The van der Waals surface area contributed by atoms with Gasteiger partial charge in [-0.25, -0.2) is 0 Å². The largest absolute Gasteiger partial charge is 0.481 e.